The number of piperidine rings is 2. The third-order valence-electron chi connectivity index (χ3n) is 5.18. The van der Waals surface area contributed by atoms with Crippen LogP contribution in [0.4, 0.5) is 0 Å². The largest absolute Gasteiger partial charge is 0.342 e. The van der Waals surface area contributed by atoms with Gasteiger partial charge in [-0.2, -0.15) is 0 Å². The lowest BCUT2D eigenvalue weighted by Gasteiger charge is -2.44. The Labute approximate surface area is 142 Å². The van der Waals surface area contributed by atoms with Crippen molar-refractivity contribution in [1.82, 2.24) is 20.2 Å². The van der Waals surface area contributed by atoms with Crippen LogP contribution < -0.4 is 10.9 Å². The van der Waals surface area contributed by atoms with Gasteiger partial charge in [-0.1, -0.05) is 0 Å². The maximum absolute atomic E-state index is 12.4. The number of carbonyl (C=O) groups excluding carboxylic acids is 1. The maximum atomic E-state index is 12.4. The molecule has 6 nitrogen and oxygen atoms in total. The fraction of sp³-hybridized carbons (Fsp3) is 0.688. The fourth-order valence-corrected chi connectivity index (χ4v) is 3.60. The zero-order valence-electron chi connectivity index (χ0n) is 13.6. The minimum atomic E-state index is -0.201. The summed E-state index contributed by atoms with van der Waals surface area (Å²) in [6, 6.07) is 0. The molecule has 2 saturated heterocycles. The van der Waals surface area contributed by atoms with Crippen molar-refractivity contribution in [1.29, 1.82) is 0 Å². The van der Waals surface area contributed by atoms with E-state index < -0.39 is 0 Å². The van der Waals surface area contributed by atoms with Crippen molar-refractivity contribution in [2.75, 3.05) is 26.2 Å². The quantitative estimate of drug-likeness (QED) is 0.843. The Morgan fingerprint density at radius 2 is 1.91 bits per heavy atom. The number of hydrogen-bond acceptors (Lipinski definition) is 4. The summed E-state index contributed by atoms with van der Waals surface area (Å²) in [5.74, 6) is 0.618. The zero-order chi connectivity index (χ0) is 15.6. The van der Waals surface area contributed by atoms with E-state index in [-0.39, 0.29) is 30.3 Å². The van der Waals surface area contributed by atoms with Gasteiger partial charge in [0.2, 0.25) is 5.91 Å². The van der Waals surface area contributed by atoms with Crippen LogP contribution in [-0.2, 0) is 11.2 Å². The van der Waals surface area contributed by atoms with Crippen LogP contribution in [0.1, 0.15) is 37.1 Å². The van der Waals surface area contributed by atoms with E-state index in [1.807, 2.05) is 4.90 Å². The predicted octanol–water partition coefficient (Wildman–Crippen LogP) is 1.03. The van der Waals surface area contributed by atoms with Gasteiger partial charge in [-0.05, 0) is 51.1 Å². The van der Waals surface area contributed by atoms with Crippen LogP contribution in [0.2, 0.25) is 0 Å². The second kappa shape index (κ2) is 7.45. The number of aromatic amines is 1. The van der Waals surface area contributed by atoms with Crippen molar-refractivity contribution in [2.45, 2.75) is 39.0 Å². The molecule has 1 spiro atoms. The van der Waals surface area contributed by atoms with Crippen molar-refractivity contribution < 1.29 is 4.79 Å². The Morgan fingerprint density at radius 1 is 1.26 bits per heavy atom. The number of aromatic nitrogens is 2. The summed E-state index contributed by atoms with van der Waals surface area (Å²) in [5.41, 5.74) is 0.690. The predicted molar refractivity (Wildman–Crippen MR) is 90.9 cm³/mol. The number of nitrogens with one attached hydrogen (secondary N) is 2. The number of rotatable bonds is 2. The monoisotopic (exact) mass is 340 g/mol. The second-order valence-corrected chi connectivity index (χ2v) is 6.63. The van der Waals surface area contributed by atoms with Crippen LogP contribution in [0.15, 0.2) is 11.0 Å². The zero-order valence-corrected chi connectivity index (χ0v) is 14.4. The number of hydrogen-bond donors (Lipinski definition) is 2. The van der Waals surface area contributed by atoms with Gasteiger partial charge in [-0.25, -0.2) is 4.98 Å². The van der Waals surface area contributed by atoms with Crippen molar-refractivity contribution in [3.63, 3.8) is 0 Å². The summed E-state index contributed by atoms with van der Waals surface area (Å²) >= 11 is 0. The van der Waals surface area contributed by atoms with Crippen LogP contribution >= 0.6 is 12.4 Å². The normalized spacial score (nSPS) is 20.1. The van der Waals surface area contributed by atoms with Gasteiger partial charge in [0, 0.05) is 24.8 Å². The van der Waals surface area contributed by atoms with E-state index >= 15 is 0 Å². The van der Waals surface area contributed by atoms with E-state index in [0.717, 1.165) is 39.0 Å². The second-order valence-electron chi connectivity index (χ2n) is 6.63. The summed E-state index contributed by atoms with van der Waals surface area (Å²) in [6.45, 7) is 5.55. The SMILES string of the molecule is Cc1ncc(CC(=O)N2CCC3(CCNCC3)CC2)c(=O)[nH]1.Cl. The number of H-pyrrole nitrogens is 1. The van der Waals surface area contributed by atoms with Gasteiger partial charge in [0.05, 0.1) is 6.42 Å². The summed E-state index contributed by atoms with van der Waals surface area (Å²) < 4.78 is 0. The molecule has 2 aliphatic heterocycles. The molecular weight excluding hydrogens is 316 g/mol. The minimum absolute atomic E-state index is 0. The van der Waals surface area contributed by atoms with E-state index in [9.17, 15) is 9.59 Å². The number of likely N-dealkylation sites (tertiary alicyclic amines) is 1. The van der Waals surface area contributed by atoms with E-state index in [0.29, 0.717) is 16.8 Å². The Balaban J connectivity index is 0.00000192. The first kappa shape index (κ1) is 17.9. The number of amides is 1. The van der Waals surface area contributed by atoms with Gasteiger partial charge in [0.15, 0.2) is 0 Å². The molecule has 0 radical (unpaired) electrons. The molecule has 0 bridgehead atoms. The highest BCUT2D eigenvalue weighted by molar-refractivity contribution is 5.85. The van der Waals surface area contributed by atoms with Gasteiger partial charge in [0.1, 0.15) is 5.82 Å². The molecule has 1 aromatic heterocycles. The molecule has 0 unspecified atom stereocenters. The summed E-state index contributed by atoms with van der Waals surface area (Å²) in [4.78, 5) is 32.9. The molecule has 23 heavy (non-hydrogen) atoms. The van der Waals surface area contributed by atoms with E-state index in [1.54, 1.807) is 6.92 Å². The van der Waals surface area contributed by atoms with Crippen molar-refractivity contribution in [3.05, 3.63) is 27.9 Å². The van der Waals surface area contributed by atoms with Gasteiger partial charge in [-0.15, -0.1) is 12.4 Å². The van der Waals surface area contributed by atoms with E-state index in [4.69, 9.17) is 0 Å². The molecule has 0 aromatic carbocycles. The molecule has 0 atom stereocenters. The third kappa shape index (κ3) is 4.12. The molecule has 1 amide bonds. The average molecular weight is 341 g/mol. The molecule has 2 N–H and O–H groups in total. The number of nitrogens with zero attached hydrogens (tertiary/aromatic N) is 2. The van der Waals surface area contributed by atoms with Gasteiger partial charge in [0.25, 0.3) is 5.56 Å². The Morgan fingerprint density at radius 3 is 2.52 bits per heavy atom. The Kier molecular flexibility index (Phi) is 5.81. The highest BCUT2D eigenvalue weighted by Crippen LogP contribution is 2.39. The molecule has 3 rings (SSSR count). The third-order valence-corrected chi connectivity index (χ3v) is 5.18. The van der Waals surface area contributed by atoms with Crippen LogP contribution in [0.3, 0.4) is 0 Å². The lowest BCUT2D eigenvalue weighted by molar-refractivity contribution is -0.133. The van der Waals surface area contributed by atoms with Crippen LogP contribution in [0.25, 0.3) is 0 Å². The molecule has 2 aliphatic rings. The molecule has 2 fully saturated rings. The first-order valence-corrected chi connectivity index (χ1v) is 8.11. The maximum Gasteiger partial charge on any atom is 0.254 e. The van der Waals surface area contributed by atoms with Crippen LogP contribution in [0, 0.1) is 12.3 Å². The van der Waals surface area contributed by atoms with E-state index in [1.165, 1.54) is 19.0 Å². The van der Waals surface area contributed by atoms with Crippen LogP contribution in [-0.4, -0.2) is 47.0 Å². The van der Waals surface area contributed by atoms with Crippen molar-refractivity contribution in [2.24, 2.45) is 5.41 Å². The first-order chi connectivity index (χ1) is 10.6. The van der Waals surface area contributed by atoms with Crippen molar-refractivity contribution >= 4 is 18.3 Å². The molecule has 7 heteroatoms. The number of halogens is 1. The van der Waals surface area contributed by atoms with Crippen molar-refractivity contribution in [3.8, 4) is 0 Å². The first-order valence-electron chi connectivity index (χ1n) is 8.11. The minimum Gasteiger partial charge on any atom is -0.342 e. The fourth-order valence-electron chi connectivity index (χ4n) is 3.60. The molecular formula is C16H25ClN4O2. The molecule has 1 aromatic rings. The van der Waals surface area contributed by atoms with Gasteiger partial charge < -0.3 is 15.2 Å². The van der Waals surface area contributed by atoms with Crippen LogP contribution in [0.5, 0.6) is 0 Å². The number of aryl methyl sites for hydroxylation is 1. The summed E-state index contributed by atoms with van der Waals surface area (Å²) in [6.07, 6.45) is 6.28. The lowest BCUT2D eigenvalue weighted by Crippen LogP contribution is -2.47. The smallest absolute Gasteiger partial charge is 0.254 e. The number of carbonyl (C=O) groups is 1. The topological polar surface area (TPSA) is 78.1 Å². The molecule has 0 aliphatic carbocycles. The molecule has 0 saturated carbocycles. The van der Waals surface area contributed by atoms with Gasteiger partial charge >= 0.3 is 0 Å². The molecule has 128 valence electrons. The summed E-state index contributed by atoms with van der Waals surface area (Å²) in [5, 5.41) is 3.41. The Hall–Kier alpha value is -1.40. The highest BCUT2D eigenvalue weighted by Gasteiger charge is 2.36. The Bertz CT molecular complexity index is 600. The molecule has 3 heterocycles. The van der Waals surface area contributed by atoms with E-state index in [2.05, 4.69) is 15.3 Å². The lowest BCUT2D eigenvalue weighted by atomic mass is 9.71. The van der Waals surface area contributed by atoms with Gasteiger partial charge in [-0.3, -0.25) is 9.59 Å². The standard InChI is InChI=1S/C16H24N4O2.ClH/c1-12-18-11-13(15(22)19-12)10-14(21)20-8-4-16(5-9-20)2-6-17-7-3-16;/h11,17H,2-10H2,1H3,(H,18,19,22);1H. The highest BCUT2D eigenvalue weighted by atomic mass is 35.5. The summed E-state index contributed by atoms with van der Waals surface area (Å²) in [7, 11) is 0. The average Bonchev–Trinajstić information content (AvgIpc) is 2.51.